The van der Waals surface area contributed by atoms with Crippen LogP contribution < -0.4 is 10.6 Å². The van der Waals surface area contributed by atoms with E-state index in [9.17, 15) is 10.1 Å². The Kier molecular flexibility index (Phi) is 5.99. The average Bonchev–Trinajstić information content (AvgIpc) is 3.11. The topological polar surface area (TPSA) is 88.8 Å². The Bertz CT molecular complexity index is 687. The third-order valence-electron chi connectivity index (χ3n) is 5.95. The Labute approximate surface area is 160 Å². The summed E-state index contributed by atoms with van der Waals surface area (Å²) in [7, 11) is 1.81. The maximum Gasteiger partial charge on any atom is 0.269 e. The van der Waals surface area contributed by atoms with Crippen LogP contribution in [0.25, 0.3) is 0 Å². The molecule has 2 fully saturated rings. The number of nitrogens with zero attached hydrogens (tertiary/aromatic N) is 2. The molecule has 2 aliphatic rings. The van der Waals surface area contributed by atoms with Gasteiger partial charge in [0.05, 0.1) is 11.0 Å². The molecule has 7 heteroatoms. The summed E-state index contributed by atoms with van der Waals surface area (Å²) in [5, 5.41) is 17.7. The summed E-state index contributed by atoms with van der Waals surface area (Å²) in [6, 6.07) is 7.21. The van der Waals surface area contributed by atoms with Crippen molar-refractivity contribution in [1.82, 2.24) is 10.6 Å². The van der Waals surface area contributed by atoms with Crippen molar-refractivity contribution in [1.29, 1.82) is 0 Å². The van der Waals surface area contributed by atoms with Gasteiger partial charge < -0.3 is 15.4 Å². The standard InChI is InChI=1S/C20H30N4O3/c1-20(2)17(16-11-13-27-18(16)20)23-19(21-3)22-12-5-4-6-14-7-9-15(10-8-14)24(25)26/h7-10,16-18H,4-6,11-13H2,1-3H3,(H2,21,22,23). The highest BCUT2D eigenvalue weighted by Gasteiger charge is 2.59. The van der Waals surface area contributed by atoms with E-state index < -0.39 is 0 Å². The predicted molar refractivity (Wildman–Crippen MR) is 106 cm³/mol. The number of aryl methyl sites for hydroxylation is 1. The fourth-order valence-electron chi connectivity index (χ4n) is 4.40. The van der Waals surface area contributed by atoms with Gasteiger partial charge in [-0.05, 0) is 31.2 Å². The monoisotopic (exact) mass is 374 g/mol. The van der Waals surface area contributed by atoms with Gasteiger partial charge >= 0.3 is 0 Å². The Hall–Kier alpha value is -2.15. The van der Waals surface area contributed by atoms with Gasteiger partial charge in [0.25, 0.3) is 5.69 Å². The van der Waals surface area contributed by atoms with E-state index in [1.807, 2.05) is 12.1 Å². The number of non-ortho nitro benzene ring substituents is 1. The number of fused-ring (bicyclic) bond motifs is 1. The first-order valence-corrected chi connectivity index (χ1v) is 9.75. The highest BCUT2D eigenvalue weighted by Crippen LogP contribution is 2.52. The van der Waals surface area contributed by atoms with Crippen LogP contribution in [0.1, 0.15) is 38.7 Å². The van der Waals surface area contributed by atoms with E-state index in [1.54, 1.807) is 19.2 Å². The second-order valence-electron chi connectivity index (χ2n) is 8.07. The van der Waals surface area contributed by atoms with Crippen LogP contribution in [0.2, 0.25) is 0 Å². The molecule has 1 saturated heterocycles. The summed E-state index contributed by atoms with van der Waals surface area (Å²) < 4.78 is 5.85. The molecule has 3 atom stereocenters. The zero-order valence-corrected chi connectivity index (χ0v) is 16.4. The zero-order valence-electron chi connectivity index (χ0n) is 16.4. The molecule has 1 aromatic carbocycles. The molecule has 27 heavy (non-hydrogen) atoms. The van der Waals surface area contributed by atoms with Crippen LogP contribution in [0.5, 0.6) is 0 Å². The van der Waals surface area contributed by atoms with Gasteiger partial charge in [-0.3, -0.25) is 15.1 Å². The van der Waals surface area contributed by atoms with Crippen LogP contribution in [0.15, 0.2) is 29.3 Å². The third kappa shape index (κ3) is 4.24. The van der Waals surface area contributed by atoms with Crippen molar-refractivity contribution in [3.8, 4) is 0 Å². The number of hydrogen-bond acceptors (Lipinski definition) is 4. The van der Waals surface area contributed by atoms with E-state index in [4.69, 9.17) is 4.74 Å². The van der Waals surface area contributed by atoms with Gasteiger partial charge in [0.2, 0.25) is 0 Å². The molecular formula is C20H30N4O3. The molecule has 1 saturated carbocycles. The molecule has 1 aliphatic heterocycles. The van der Waals surface area contributed by atoms with E-state index in [1.165, 1.54) is 0 Å². The lowest BCUT2D eigenvalue weighted by Gasteiger charge is -2.54. The van der Waals surface area contributed by atoms with Crippen molar-refractivity contribution in [3.05, 3.63) is 39.9 Å². The van der Waals surface area contributed by atoms with Gasteiger partial charge in [-0.25, -0.2) is 0 Å². The summed E-state index contributed by atoms with van der Waals surface area (Å²) in [6.07, 6.45) is 4.45. The fourth-order valence-corrected chi connectivity index (χ4v) is 4.40. The van der Waals surface area contributed by atoms with Crippen LogP contribution in [0, 0.1) is 21.4 Å². The van der Waals surface area contributed by atoms with E-state index >= 15 is 0 Å². The van der Waals surface area contributed by atoms with Crippen molar-refractivity contribution in [2.75, 3.05) is 20.2 Å². The number of nitrogens with one attached hydrogen (secondary N) is 2. The largest absolute Gasteiger partial charge is 0.377 e. The summed E-state index contributed by atoms with van der Waals surface area (Å²) >= 11 is 0. The second-order valence-corrected chi connectivity index (χ2v) is 8.07. The summed E-state index contributed by atoms with van der Waals surface area (Å²) in [6.45, 7) is 6.24. The fraction of sp³-hybridized carbons (Fsp3) is 0.650. The first-order valence-electron chi connectivity index (χ1n) is 9.75. The molecule has 1 aliphatic carbocycles. The number of benzene rings is 1. The van der Waals surface area contributed by atoms with E-state index in [0.29, 0.717) is 18.1 Å². The average molecular weight is 374 g/mol. The maximum atomic E-state index is 10.7. The number of hydrogen-bond donors (Lipinski definition) is 2. The molecule has 0 bridgehead atoms. The number of guanidine groups is 1. The second kappa shape index (κ2) is 8.25. The lowest BCUT2D eigenvalue weighted by molar-refractivity contribution is -0.384. The minimum Gasteiger partial charge on any atom is -0.377 e. The van der Waals surface area contributed by atoms with Gasteiger partial charge in [-0.15, -0.1) is 0 Å². The minimum absolute atomic E-state index is 0.134. The van der Waals surface area contributed by atoms with Gasteiger partial charge in [-0.1, -0.05) is 26.0 Å². The van der Waals surface area contributed by atoms with Gasteiger partial charge in [0, 0.05) is 49.7 Å². The molecule has 7 nitrogen and oxygen atoms in total. The Morgan fingerprint density at radius 1 is 1.33 bits per heavy atom. The number of ether oxygens (including phenoxy) is 1. The Morgan fingerprint density at radius 3 is 2.74 bits per heavy atom. The van der Waals surface area contributed by atoms with Crippen LogP contribution in [-0.4, -0.2) is 43.2 Å². The number of nitro groups is 1. The van der Waals surface area contributed by atoms with Crippen molar-refractivity contribution < 1.29 is 9.66 Å². The molecule has 1 aromatic rings. The molecule has 2 N–H and O–H groups in total. The third-order valence-corrected chi connectivity index (χ3v) is 5.95. The van der Waals surface area contributed by atoms with Gasteiger partial charge in [0.1, 0.15) is 0 Å². The summed E-state index contributed by atoms with van der Waals surface area (Å²) in [5.41, 5.74) is 1.41. The molecule has 0 spiro atoms. The number of nitro benzene ring substituents is 1. The highest BCUT2D eigenvalue weighted by atomic mass is 16.6. The van der Waals surface area contributed by atoms with E-state index in [0.717, 1.165) is 50.4 Å². The van der Waals surface area contributed by atoms with Crippen molar-refractivity contribution in [2.24, 2.45) is 16.3 Å². The normalized spacial score (nSPS) is 26.2. The van der Waals surface area contributed by atoms with Crippen molar-refractivity contribution in [2.45, 2.75) is 51.7 Å². The van der Waals surface area contributed by atoms with Crippen LogP contribution in [0.3, 0.4) is 0 Å². The molecule has 0 radical (unpaired) electrons. The molecule has 0 aromatic heterocycles. The Morgan fingerprint density at radius 2 is 2.07 bits per heavy atom. The van der Waals surface area contributed by atoms with Gasteiger partial charge in [0.15, 0.2) is 5.96 Å². The molecular weight excluding hydrogens is 344 g/mol. The number of aliphatic imine (C=N–C) groups is 1. The molecule has 3 rings (SSSR count). The summed E-state index contributed by atoms with van der Waals surface area (Å²) in [5.74, 6) is 1.44. The van der Waals surface area contributed by atoms with E-state index in [2.05, 4.69) is 29.5 Å². The molecule has 1 heterocycles. The maximum absolute atomic E-state index is 10.7. The van der Waals surface area contributed by atoms with Crippen molar-refractivity contribution >= 4 is 11.6 Å². The highest BCUT2D eigenvalue weighted by molar-refractivity contribution is 5.80. The lowest BCUT2D eigenvalue weighted by atomic mass is 9.57. The van der Waals surface area contributed by atoms with E-state index in [-0.39, 0.29) is 16.0 Å². The molecule has 148 valence electrons. The zero-order chi connectivity index (χ0) is 19.4. The summed E-state index contributed by atoms with van der Waals surface area (Å²) in [4.78, 5) is 14.7. The first-order chi connectivity index (χ1) is 12.9. The first kappa shape index (κ1) is 19.6. The number of rotatable bonds is 7. The minimum atomic E-state index is -0.365. The molecule has 3 unspecified atom stereocenters. The van der Waals surface area contributed by atoms with Gasteiger partial charge in [-0.2, -0.15) is 0 Å². The lowest BCUT2D eigenvalue weighted by Crippen LogP contribution is -2.67. The SMILES string of the molecule is CN=C(NCCCCc1ccc([N+](=O)[O-])cc1)NC1C2CCOC2C1(C)C. The molecule has 0 amide bonds. The van der Waals surface area contributed by atoms with Crippen LogP contribution in [-0.2, 0) is 11.2 Å². The van der Waals surface area contributed by atoms with Crippen molar-refractivity contribution in [3.63, 3.8) is 0 Å². The van der Waals surface area contributed by atoms with Crippen LogP contribution >= 0.6 is 0 Å². The number of unbranched alkanes of at least 4 members (excludes halogenated alkanes) is 1. The predicted octanol–water partition coefficient (Wildman–Crippen LogP) is 2.90. The smallest absolute Gasteiger partial charge is 0.269 e. The quantitative estimate of drug-likeness (QED) is 0.252. The Balaban J connectivity index is 1.37. The van der Waals surface area contributed by atoms with Crippen LogP contribution in [0.4, 0.5) is 5.69 Å².